The van der Waals surface area contributed by atoms with Gasteiger partial charge in [0.05, 0.1) is 18.4 Å². The first kappa shape index (κ1) is 14.5. The van der Waals surface area contributed by atoms with Crippen LogP contribution in [0.4, 0.5) is 5.69 Å². The summed E-state index contributed by atoms with van der Waals surface area (Å²) in [5.41, 5.74) is 1.22. The van der Waals surface area contributed by atoms with Crippen molar-refractivity contribution in [1.29, 1.82) is 0 Å². The fourth-order valence-electron chi connectivity index (χ4n) is 2.41. The zero-order valence-electron chi connectivity index (χ0n) is 12.3. The Morgan fingerprint density at radius 3 is 2.90 bits per heavy atom. The smallest absolute Gasteiger partial charge is 0.340 e. The Hall–Kier alpha value is -1.90. The Bertz CT molecular complexity index is 548. The largest absolute Gasteiger partial charge is 0.465 e. The maximum Gasteiger partial charge on any atom is 0.340 e. The zero-order valence-corrected chi connectivity index (χ0v) is 12.3. The van der Waals surface area contributed by atoms with E-state index in [0.29, 0.717) is 17.2 Å². The van der Waals surface area contributed by atoms with Gasteiger partial charge in [-0.3, -0.25) is 4.99 Å². The average molecular weight is 271 g/mol. The van der Waals surface area contributed by atoms with Crippen LogP contribution in [0.15, 0.2) is 41.4 Å². The summed E-state index contributed by atoms with van der Waals surface area (Å²) < 4.78 is 4.79. The summed E-state index contributed by atoms with van der Waals surface area (Å²) in [7, 11) is 1.39. The number of rotatable bonds is 3. The third-order valence-corrected chi connectivity index (χ3v) is 4.12. The van der Waals surface area contributed by atoms with Crippen molar-refractivity contribution >= 4 is 17.9 Å². The van der Waals surface area contributed by atoms with E-state index in [-0.39, 0.29) is 11.4 Å². The maximum atomic E-state index is 11.7. The molecule has 0 fully saturated rings. The number of esters is 1. The number of ether oxygens (including phenoxy) is 1. The van der Waals surface area contributed by atoms with E-state index in [9.17, 15) is 4.79 Å². The van der Waals surface area contributed by atoms with Gasteiger partial charge in [-0.1, -0.05) is 38.1 Å². The number of carbonyl (C=O) groups excluding carboxylic acids is 1. The molecule has 3 heteroatoms. The molecule has 0 spiro atoms. The number of hydrogen-bond acceptors (Lipinski definition) is 3. The molecule has 2 atom stereocenters. The highest BCUT2D eigenvalue weighted by molar-refractivity contribution is 5.95. The van der Waals surface area contributed by atoms with Crippen LogP contribution in [0.1, 0.15) is 37.0 Å². The van der Waals surface area contributed by atoms with Crippen LogP contribution in [0.25, 0.3) is 0 Å². The predicted octanol–water partition coefficient (Wildman–Crippen LogP) is 4.17. The molecule has 106 valence electrons. The fraction of sp³-hybridized carbons (Fsp3) is 0.412. The first-order chi connectivity index (χ1) is 9.57. The Balaban J connectivity index is 2.28. The lowest BCUT2D eigenvalue weighted by Gasteiger charge is -2.32. The van der Waals surface area contributed by atoms with Crippen LogP contribution in [0, 0.1) is 11.3 Å². The van der Waals surface area contributed by atoms with E-state index in [1.807, 2.05) is 24.4 Å². The van der Waals surface area contributed by atoms with Gasteiger partial charge in [0, 0.05) is 11.6 Å². The highest BCUT2D eigenvalue weighted by Crippen LogP contribution is 2.36. The number of allylic oxidation sites excluding steroid dienone is 2. The normalized spacial score (nSPS) is 25.9. The van der Waals surface area contributed by atoms with E-state index in [0.717, 1.165) is 12.8 Å². The summed E-state index contributed by atoms with van der Waals surface area (Å²) in [6.07, 6.45) is 8.60. The van der Waals surface area contributed by atoms with E-state index in [2.05, 4.69) is 31.0 Å². The van der Waals surface area contributed by atoms with Crippen molar-refractivity contribution in [2.75, 3.05) is 7.11 Å². The molecule has 20 heavy (non-hydrogen) atoms. The van der Waals surface area contributed by atoms with Gasteiger partial charge in [0.15, 0.2) is 0 Å². The molecule has 0 amide bonds. The van der Waals surface area contributed by atoms with Gasteiger partial charge in [-0.2, -0.15) is 0 Å². The molecule has 0 heterocycles. The van der Waals surface area contributed by atoms with Crippen LogP contribution in [-0.2, 0) is 4.74 Å². The van der Waals surface area contributed by atoms with Crippen molar-refractivity contribution < 1.29 is 9.53 Å². The highest BCUT2D eigenvalue weighted by atomic mass is 16.5. The minimum atomic E-state index is -0.348. The predicted molar refractivity (Wildman–Crippen MR) is 81.6 cm³/mol. The molecule has 0 saturated heterocycles. The van der Waals surface area contributed by atoms with Crippen molar-refractivity contribution in [2.24, 2.45) is 16.3 Å². The summed E-state index contributed by atoms with van der Waals surface area (Å²) in [4.78, 5) is 16.3. The second kappa shape index (κ2) is 6.04. The number of aliphatic imine (C=N–C) groups is 1. The molecule has 0 N–H and O–H groups in total. The van der Waals surface area contributed by atoms with Gasteiger partial charge in [0.25, 0.3) is 0 Å². The number of methoxy groups -OCH3 is 1. The van der Waals surface area contributed by atoms with Crippen LogP contribution >= 0.6 is 0 Å². The molecule has 1 aromatic carbocycles. The third-order valence-electron chi connectivity index (χ3n) is 4.12. The molecule has 1 aromatic rings. The quantitative estimate of drug-likeness (QED) is 0.470. The zero-order chi connectivity index (χ0) is 14.6. The second-order valence-electron chi connectivity index (χ2n) is 5.53. The Kier molecular flexibility index (Phi) is 4.38. The van der Waals surface area contributed by atoms with Gasteiger partial charge in [-0.25, -0.2) is 4.79 Å². The topological polar surface area (TPSA) is 38.7 Å². The molecule has 1 aliphatic carbocycles. The molecule has 0 aromatic heterocycles. The molecule has 0 radical (unpaired) electrons. The lowest BCUT2D eigenvalue weighted by Crippen LogP contribution is -2.27. The lowest BCUT2D eigenvalue weighted by molar-refractivity contribution is 0.0601. The van der Waals surface area contributed by atoms with Gasteiger partial charge in [-0.15, -0.1) is 0 Å². The number of benzene rings is 1. The third kappa shape index (κ3) is 2.98. The summed E-state index contributed by atoms with van der Waals surface area (Å²) in [6, 6.07) is 7.28. The molecular formula is C17H21NO2. The average Bonchev–Trinajstić information content (AvgIpc) is 2.48. The van der Waals surface area contributed by atoms with Gasteiger partial charge in [-0.05, 0) is 30.9 Å². The number of nitrogens with zero attached hydrogens (tertiary/aromatic N) is 1. The first-order valence-corrected chi connectivity index (χ1v) is 6.96. The lowest BCUT2D eigenvalue weighted by atomic mass is 9.72. The Morgan fingerprint density at radius 1 is 1.45 bits per heavy atom. The van der Waals surface area contributed by atoms with Crippen molar-refractivity contribution in [1.82, 2.24) is 0 Å². The van der Waals surface area contributed by atoms with Crippen LogP contribution in [0.3, 0.4) is 0 Å². The monoisotopic (exact) mass is 271 g/mol. The van der Waals surface area contributed by atoms with E-state index in [1.54, 1.807) is 6.07 Å². The Morgan fingerprint density at radius 2 is 2.20 bits per heavy atom. The van der Waals surface area contributed by atoms with E-state index >= 15 is 0 Å². The Labute approximate surface area is 120 Å². The summed E-state index contributed by atoms with van der Waals surface area (Å²) in [5.74, 6) is 0.102. The van der Waals surface area contributed by atoms with Crippen LogP contribution in [0.5, 0.6) is 0 Å². The standard InChI is InChI=1S/C17H21NO2/c1-13-8-6-7-11-17(13,2)12-18-15-10-5-4-9-14(15)16(19)20-3/h4-6,8-10,12-13H,7,11H2,1-3H3. The van der Waals surface area contributed by atoms with Crippen LogP contribution in [-0.4, -0.2) is 19.3 Å². The van der Waals surface area contributed by atoms with Crippen LogP contribution < -0.4 is 0 Å². The highest BCUT2D eigenvalue weighted by Gasteiger charge is 2.29. The minimum absolute atomic E-state index is 0.0397. The number of para-hydroxylation sites is 1. The van der Waals surface area contributed by atoms with Crippen molar-refractivity contribution in [3.63, 3.8) is 0 Å². The van der Waals surface area contributed by atoms with Gasteiger partial charge in [0.1, 0.15) is 0 Å². The van der Waals surface area contributed by atoms with Gasteiger partial charge >= 0.3 is 5.97 Å². The molecular weight excluding hydrogens is 250 g/mol. The molecule has 3 nitrogen and oxygen atoms in total. The second-order valence-corrected chi connectivity index (χ2v) is 5.53. The molecule has 0 aliphatic heterocycles. The summed E-state index contributed by atoms with van der Waals surface area (Å²) in [6.45, 7) is 4.42. The van der Waals surface area contributed by atoms with E-state index in [1.165, 1.54) is 7.11 Å². The molecule has 2 rings (SSSR count). The SMILES string of the molecule is COC(=O)c1ccccc1N=CC1(C)CCC=CC1C. The molecule has 0 bridgehead atoms. The maximum absolute atomic E-state index is 11.7. The van der Waals surface area contributed by atoms with E-state index < -0.39 is 0 Å². The molecule has 0 saturated carbocycles. The van der Waals surface area contributed by atoms with Crippen molar-refractivity contribution in [2.45, 2.75) is 26.7 Å². The first-order valence-electron chi connectivity index (χ1n) is 6.96. The van der Waals surface area contributed by atoms with Crippen LogP contribution in [0.2, 0.25) is 0 Å². The minimum Gasteiger partial charge on any atom is -0.465 e. The fourth-order valence-corrected chi connectivity index (χ4v) is 2.41. The summed E-state index contributed by atoms with van der Waals surface area (Å²) >= 11 is 0. The molecule has 1 aliphatic rings. The number of hydrogen-bond donors (Lipinski definition) is 0. The van der Waals surface area contributed by atoms with Crippen molar-refractivity contribution in [3.05, 3.63) is 42.0 Å². The summed E-state index contributed by atoms with van der Waals surface area (Å²) in [5, 5.41) is 0. The molecule has 2 unspecified atom stereocenters. The van der Waals surface area contributed by atoms with Crippen molar-refractivity contribution in [3.8, 4) is 0 Å². The van der Waals surface area contributed by atoms with Gasteiger partial charge in [0.2, 0.25) is 0 Å². The van der Waals surface area contributed by atoms with Gasteiger partial charge < -0.3 is 4.74 Å². The van der Waals surface area contributed by atoms with E-state index in [4.69, 9.17) is 4.74 Å². The number of carbonyl (C=O) groups is 1.